The maximum atomic E-state index is 14.1. The lowest BCUT2D eigenvalue weighted by molar-refractivity contribution is -0.140. The molecule has 41 heavy (non-hydrogen) atoms. The Labute approximate surface area is 248 Å². The Morgan fingerprint density at radius 1 is 0.951 bits per heavy atom. The second kappa shape index (κ2) is 15.4. The fourth-order valence-corrected chi connectivity index (χ4v) is 5.40. The molecule has 0 saturated carbocycles. The molecule has 0 bridgehead atoms. The van der Waals surface area contributed by atoms with Crippen LogP contribution >= 0.6 is 11.6 Å². The highest BCUT2D eigenvalue weighted by molar-refractivity contribution is 7.92. The highest BCUT2D eigenvalue weighted by Crippen LogP contribution is 2.24. The van der Waals surface area contributed by atoms with Gasteiger partial charge in [-0.15, -0.1) is 0 Å². The van der Waals surface area contributed by atoms with E-state index >= 15 is 0 Å². The molecule has 0 saturated heterocycles. The number of rotatable bonds is 15. The maximum Gasteiger partial charge on any atom is 0.244 e. The molecule has 8 nitrogen and oxygen atoms in total. The molecule has 0 heterocycles. The molecule has 1 N–H and O–H groups in total. The van der Waals surface area contributed by atoms with Crippen LogP contribution < -0.4 is 14.4 Å². The van der Waals surface area contributed by atoms with E-state index in [9.17, 15) is 18.0 Å². The average Bonchev–Trinajstić information content (AvgIpc) is 2.95. The third-order valence-corrected chi connectivity index (χ3v) is 8.02. The van der Waals surface area contributed by atoms with Crippen LogP contribution in [0.4, 0.5) is 5.69 Å². The van der Waals surface area contributed by atoms with E-state index in [2.05, 4.69) is 5.32 Å². The van der Waals surface area contributed by atoms with Crippen molar-refractivity contribution in [2.45, 2.75) is 45.7 Å². The van der Waals surface area contributed by atoms with Crippen LogP contribution in [0.1, 0.15) is 37.8 Å². The smallest absolute Gasteiger partial charge is 0.244 e. The number of amides is 2. The lowest BCUT2D eigenvalue weighted by Gasteiger charge is -2.33. The molecule has 2 amide bonds. The predicted molar refractivity (Wildman–Crippen MR) is 164 cm³/mol. The summed E-state index contributed by atoms with van der Waals surface area (Å²) in [7, 11) is -3.86. The van der Waals surface area contributed by atoms with E-state index in [-0.39, 0.29) is 18.9 Å². The van der Waals surface area contributed by atoms with E-state index < -0.39 is 28.5 Å². The lowest BCUT2D eigenvalue weighted by atomic mass is 10.0. The molecule has 0 aromatic heterocycles. The first-order valence-corrected chi connectivity index (χ1v) is 15.9. The van der Waals surface area contributed by atoms with Crippen LogP contribution in [0.3, 0.4) is 0 Å². The van der Waals surface area contributed by atoms with Gasteiger partial charge in [-0.3, -0.25) is 13.9 Å². The van der Waals surface area contributed by atoms with Gasteiger partial charge in [0.05, 0.1) is 18.6 Å². The van der Waals surface area contributed by atoms with Crippen LogP contribution in [0.2, 0.25) is 5.02 Å². The number of anilines is 1. The quantitative estimate of drug-likeness (QED) is 0.246. The van der Waals surface area contributed by atoms with Crippen LogP contribution in [0.15, 0.2) is 78.9 Å². The number of nitrogens with zero attached hydrogens (tertiary/aromatic N) is 2. The second-order valence-electron chi connectivity index (χ2n) is 9.66. The van der Waals surface area contributed by atoms with Crippen LogP contribution in [0.25, 0.3) is 0 Å². The van der Waals surface area contributed by atoms with Gasteiger partial charge < -0.3 is 15.0 Å². The number of sulfonamides is 1. The fourth-order valence-electron chi connectivity index (χ4n) is 4.36. The van der Waals surface area contributed by atoms with Crippen molar-refractivity contribution in [2.24, 2.45) is 0 Å². The summed E-state index contributed by atoms with van der Waals surface area (Å²) in [6, 6.07) is 22.1. The molecule has 1 atom stereocenters. The average molecular weight is 600 g/mol. The fraction of sp³-hybridized carbons (Fsp3) is 0.355. The highest BCUT2D eigenvalue weighted by atomic mass is 35.5. The summed E-state index contributed by atoms with van der Waals surface area (Å²) >= 11 is 6.48. The number of benzene rings is 3. The van der Waals surface area contributed by atoms with Gasteiger partial charge in [0.2, 0.25) is 21.8 Å². The minimum absolute atomic E-state index is 0.0259. The monoisotopic (exact) mass is 599 g/mol. The van der Waals surface area contributed by atoms with Crippen molar-refractivity contribution < 1.29 is 22.7 Å². The van der Waals surface area contributed by atoms with Crippen molar-refractivity contribution in [2.75, 3.05) is 30.3 Å². The number of carbonyl (C=O) groups is 2. The number of unbranched alkanes of at least 4 members (excludes halogenated alkanes) is 1. The Morgan fingerprint density at radius 2 is 1.61 bits per heavy atom. The van der Waals surface area contributed by atoms with Crippen molar-refractivity contribution in [1.82, 2.24) is 10.2 Å². The third kappa shape index (κ3) is 9.50. The Morgan fingerprint density at radius 3 is 2.22 bits per heavy atom. The summed E-state index contributed by atoms with van der Waals surface area (Å²) in [4.78, 5) is 29.1. The van der Waals surface area contributed by atoms with Crippen molar-refractivity contribution in [3.63, 3.8) is 0 Å². The Balaban J connectivity index is 2.02. The number of halogens is 1. The van der Waals surface area contributed by atoms with Crippen molar-refractivity contribution >= 4 is 39.1 Å². The van der Waals surface area contributed by atoms with Crippen molar-refractivity contribution in [1.29, 1.82) is 0 Å². The van der Waals surface area contributed by atoms with Crippen molar-refractivity contribution in [3.05, 3.63) is 95.0 Å². The van der Waals surface area contributed by atoms with Gasteiger partial charge >= 0.3 is 0 Å². The van der Waals surface area contributed by atoms with Gasteiger partial charge in [0, 0.05) is 24.5 Å². The standard InChI is InChI=1S/C31H38ClN3O5S/c1-4-6-20-33-31(37)29(21-24-12-8-7-9-13-24)34(22-25-14-10-11-15-28(25)32)30(36)23-35(41(3,38)39)26-16-18-27(19-17-26)40-5-2/h7-19,29H,4-6,20-23H2,1-3H3,(H,33,37)/t29-/m0/s1. The molecule has 0 spiro atoms. The number of nitrogens with one attached hydrogen (secondary N) is 1. The normalized spacial score (nSPS) is 11.9. The largest absolute Gasteiger partial charge is 0.494 e. The van der Waals surface area contributed by atoms with E-state index in [4.69, 9.17) is 16.3 Å². The zero-order chi connectivity index (χ0) is 29.8. The highest BCUT2D eigenvalue weighted by Gasteiger charge is 2.33. The molecular weight excluding hydrogens is 562 g/mol. The van der Waals surface area contributed by atoms with Crippen molar-refractivity contribution in [3.8, 4) is 5.75 Å². The Kier molecular flexibility index (Phi) is 12.0. The van der Waals surface area contributed by atoms with Crippen LogP contribution in [0.5, 0.6) is 5.75 Å². The SMILES string of the molecule is CCCCNC(=O)[C@H](Cc1ccccc1)N(Cc1ccccc1Cl)C(=O)CN(c1ccc(OCC)cc1)S(C)(=O)=O. The molecular formula is C31H38ClN3O5S. The molecule has 3 aromatic carbocycles. The zero-order valence-electron chi connectivity index (χ0n) is 23.8. The first-order chi connectivity index (χ1) is 19.6. The molecule has 0 unspecified atom stereocenters. The minimum Gasteiger partial charge on any atom is -0.494 e. The molecule has 0 aliphatic heterocycles. The Bertz CT molecular complexity index is 1380. The number of hydrogen-bond donors (Lipinski definition) is 1. The maximum absolute atomic E-state index is 14.1. The number of ether oxygens (including phenoxy) is 1. The first-order valence-electron chi connectivity index (χ1n) is 13.7. The summed E-state index contributed by atoms with van der Waals surface area (Å²) < 4.78 is 32.3. The number of hydrogen-bond acceptors (Lipinski definition) is 5. The van der Waals surface area contributed by atoms with E-state index in [1.807, 2.05) is 44.2 Å². The predicted octanol–water partition coefficient (Wildman–Crippen LogP) is 5.06. The van der Waals surface area contributed by atoms with Crippen LogP contribution in [-0.4, -0.2) is 57.1 Å². The summed E-state index contributed by atoms with van der Waals surface area (Å²) in [5, 5.41) is 3.41. The van der Waals surface area contributed by atoms with E-state index in [1.165, 1.54) is 4.90 Å². The van der Waals surface area contributed by atoms with Crippen LogP contribution in [-0.2, 0) is 32.6 Å². The minimum atomic E-state index is -3.86. The molecule has 0 radical (unpaired) electrons. The van der Waals surface area contributed by atoms with Crippen LogP contribution in [0, 0.1) is 0 Å². The lowest BCUT2D eigenvalue weighted by Crippen LogP contribution is -2.53. The molecule has 0 aliphatic carbocycles. The topological polar surface area (TPSA) is 96.0 Å². The van der Waals surface area contributed by atoms with Gasteiger partial charge in [0.25, 0.3) is 0 Å². The molecule has 220 valence electrons. The summed E-state index contributed by atoms with van der Waals surface area (Å²) in [6.07, 6.45) is 2.99. The summed E-state index contributed by atoms with van der Waals surface area (Å²) in [6.45, 7) is 4.35. The molecule has 3 aromatic rings. The van der Waals surface area contributed by atoms with Gasteiger partial charge in [-0.25, -0.2) is 8.42 Å². The van der Waals surface area contributed by atoms with Gasteiger partial charge in [0.1, 0.15) is 18.3 Å². The third-order valence-electron chi connectivity index (χ3n) is 6.51. The molecule has 0 fully saturated rings. The molecule has 10 heteroatoms. The Hall–Kier alpha value is -3.56. The van der Waals surface area contributed by atoms with E-state index in [0.29, 0.717) is 35.2 Å². The molecule has 0 aliphatic rings. The summed E-state index contributed by atoms with van der Waals surface area (Å²) in [5.74, 6) is -0.256. The van der Waals surface area contributed by atoms with Gasteiger partial charge in [-0.1, -0.05) is 73.5 Å². The molecule has 3 rings (SSSR count). The van der Waals surface area contributed by atoms with Gasteiger partial charge in [-0.2, -0.15) is 0 Å². The number of carbonyl (C=O) groups excluding carboxylic acids is 2. The summed E-state index contributed by atoms with van der Waals surface area (Å²) in [5.41, 5.74) is 1.83. The van der Waals surface area contributed by atoms with Gasteiger partial charge in [0.15, 0.2) is 0 Å². The second-order valence-corrected chi connectivity index (χ2v) is 12.0. The zero-order valence-corrected chi connectivity index (χ0v) is 25.3. The van der Waals surface area contributed by atoms with Gasteiger partial charge in [-0.05, 0) is 54.8 Å². The first kappa shape index (κ1) is 32.0. The van der Waals surface area contributed by atoms with E-state index in [1.54, 1.807) is 48.5 Å². The van der Waals surface area contributed by atoms with E-state index in [0.717, 1.165) is 29.0 Å².